The highest BCUT2D eigenvalue weighted by atomic mass is 16.7. The van der Waals surface area contributed by atoms with Crippen molar-refractivity contribution in [2.45, 2.75) is 179 Å². The van der Waals surface area contributed by atoms with Gasteiger partial charge in [0.2, 0.25) is 11.7 Å². The zero-order chi connectivity index (χ0) is 48.7. The van der Waals surface area contributed by atoms with Crippen molar-refractivity contribution < 1.29 is 68.1 Å². The molecule has 0 aromatic heterocycles. The number of aliphatic hydroxyl groups is 4. The molecular formula is C50H80N2O14. The van der Waals surface area contributed by atoms with Crippen LogP contribution in [0.3, 0.4) is 0 Å². The monoisotopic (exact) mass is 933 g/mol. The average Bonchev–Trinajstić information content (AvgIpc) is 3.29. The van der Waals surface area contributed by atoms with E-state index < -0.39 is 83.9 Å². The molecular weight excluding hydrogens is 853 g/mol. The van der Waals surface area contributed by atoms with Crippen molar-refractivity contribution in [3.05, 3.63) is 35.5 Å². The average molecular weight is 933 g/mol. The van der Waals surface area contributed by atoms with Crippen molar-refractivity contribution in [1.29, 1.82) is 0 Å². The molecule has 1 aliphatic carbocycles. The van der Waals surface area contributed by atoms with Crippen LogP contribution in [0.15, 0.2) is 35.5 Å². The summed E-state index contributed by atoms with van der Waals surface area (Å²) < 4.78 is 30.0. The molecule has 3 fully saturated rings. The molecule has 1 saturated carbocycles. The van der Waals surface area contributed by atoms with E-state index in [1.807, 2.05) is 38.2 Å². The largest absolute Gasteiger partial charge is 0.456 e. The molecule has 4 aliphatic rings. The Kier molecular flexibility index (Phi) is 22.1. The van der Waals surface area contributed by atoms with Gasteiger partial charge >= 0.3 is 5.97 Å². The smallest absolute Gasteiger partial charge is 0.329 e. The van der Waals surface area contributed by atoms with Crippen molar-refractivity contribution in [2.75, 3.05) is 41.0 Å². The number of hydrogen-bond donors (Lipinski definition) is 5. The lowest BCUT2D eigenvalue weighted by Gasteiger charge is -2.47. The number of nitrogens with zero attached hydrogens (tertiary/aromatic N) is 1. The minimum atomic E-state index is -2.55. The van der Waals surface area contributed by atoms with Gasteiger partial charge < -0.3 is 54.3 Å². The van der Waals surface area contributed by atoms with Gasteiger partial charge in [0.05, 0.1) is 30.5 Å². The molecule has 0 spiro atoms. The third-order valence-corrected chi connectivity index (χ3v) is 14.2. The number of nitrogens with one attached hydrogen (secondary N) is 1. The van der Waals surface area contributed by atoms with E-state index in [0.717, 1.165) is 5.57 Å². The number of aliphatic hydroxyl groups excluding tert-OH is 3. The number of Topliss-reactive ketones (excluding diaryl/α,β-unsaturated/α-hetero) is 2. The Bertz CT molecular complexity index is 1720. The quantitative estimate of drug-likeness (QED) is 0.0752. The van der Waals surface area contributed by atoms with Crippen LogP contribution >= 0.6 is 0 Å². The number of piperidine rings is 1. The first-order valence-electron chi connectivity index (χ1n) is 24.2. The van der Waals surface area contributed by atoms with Crippen LogP contribution in [0.2, 0.25) is 0 Å². The maximum Gasteiger partial charge on any atom is 0.329 e. The molecule has 0 unspecified atom stereocenters. The minimum Gasteiger partial charge on any atom is -0.456 e. The SMILES string of the molecule is CO[C@H]1C[C@@H](C)C/C(C)=C/[C@@H](C/C=C/CCC(=O)NCCCO)C(=O)C[C@H](O)[C@@H](C)[C@@H](/C(C)=C/[C@@H]2CC[C@@H](O)[C@H](OC)C2)OC(=O)[C@@H]2CCCCN2C(=O)C(=O)[C@]2(O)O[C@H]1[C@@H](OC)C[C@H]2C. The molecule has 3 aliphatic heterocycles. The number of carbonyl (C=O) groups is 5. The topological polar surface area (TPSA) is 228 Å². The van der Waals surface area contributed by atoms with Gasteiger partial charge in [-0.2, -0.15) is 0 Å². The summed E-state index contributed by atoms with van der Waals surface area (Å²) in [5.74, 6) is -8.33. The molecule has 374 valence electrons. The number of amides is 2. The molecule has 14 atom stereocenters. The fraction of sp³-hybridized carbons (Fsp3) is 0.780. The first-order chi connectivity index (χ1) is 31.4. The van der Waals surface area contributed by atoms with Crippen LogP contribution < -0.4 is 5.32 Å². The Morgan fingerprint density at radius 3 is 2.30 bits per heavy atom. The predicted molar refractivity (Wildman–Crippen MR) is 245 cm³/mol. The van der Waals surface area contributed by atoms with Gasteiger partial charge in [-0.1, -0.05) is 50.6 Å². The number of methoxy groups -OCH3 is 3. The minimum absolute atomic E-state index is 0.0121. The zero-order valence-electron chi connectivity index (χ0n) is 40.7. The first kappa shape index (κ1) is 55.2. The summed E-state index contributed by atoms with van der Waals surface area (Å²) in [4.78, 5) is 70.9. The van der Waals surface area contributed by atoms with Gasteiger partial charge in [0.25, 0.3) is 11.7 Å². The van der Waals surface area contributed by atoms with Crippen molar-refractivity contribution in [3.8, 4) is 0 Å². The van der Waals surface area contributed by atoms with Crippen LogP contribution in [0.5, 0.6) is 0 Å². The molecule has 0 radical (unpaired) electrons. The van der Waals surface area contributed by atoms with Crippen LogP contribution in [0.1, 0.15) is 125 Å². The second-order valence-electron chi connectivity index (χ2n) is 19.4. The van der Waals surface area contributed by atoms with E-state index in [1.165, 1.54) is 19.1 Å². The van der Waals surface area contributed by atoms with E-state index >= 15 is 0 Å². The molecule has 66 heavy (non-hydrogen) atoms. The Morgan fingerprint density at radius 2 is 1.62 bits per heavy atom. The molecule has 3 heterocycles. The molecule has 16 heteroatoms. The van der Waals surface area contributed by atoms with E-state index in [0.29, 0.717) is 76.3 Å². The van der Waals surface area contributed by atoms with Crippen LogP contribution in [-0.4, -0.2) is 150 Å². The Labute approximate surface area is 391 Å². The fourth-order valence-corrected chi connectivity index (χ4v) is 10.2. The number of esters is 1. The van der Waals surface area contributed by atoms with Crippen LogP contribution in [0.4, 0.5) is 0 Å². The zero-order valence-corrected chi connectivity index (χ0v) is 40.7. The number of cyclic esters (lactones) is 1. The second-order valence-corrected chi connectivity index (χ2v) is 19.4. The van der Waals surface area contributed by atoms with Crippen molar-refractivity contribution in [2.24, 2.45) is 29.6 Å². The van der Waals surface area contributed by atoms with Crippen molar-refractivity contribution in [3.63, 3.8) is 0 Å². The summed E-state index contributed by atoms with van der Waals surface area (Å²) >= 11 is 0. The van der Waals surface area contributed by atoms with Gasteiger partial charge in [-0.15, -0.1) is 0 Å². The van der Waals surface area contributed by atoms with Gasteiger partial charge in [-0.25, -0.2) is 4.79 Å². The number of ether oxygens (including phenoxy) is 5. The maximum absolute atomic E-state index is 14.5. The number of carbonyl (C=O) groups excluding carboxylic acids is 5. The van der Waals surface area contributed by atoms with Crippen molar-refractivity contribution in [1.82, 2.24) is 10.2 Å². The molecule has 0 aromatic rings. The van der Waals surface area contributed by atoms with E-state index in [-0.39, 0.29) is 68.5 Å². The molecule has 5 N–H and O–H groups in total. The Balaban J connectivity index is 1.75. The number of allylic oxidation sites excluding steroid dienone is 5. The normalized spacial score (nSPS) is 37.1. The highest BCUT2D eigenvalue weighted by Crippen LogP contribution is 2.39. The van der Waals surface area contributed by atoms with Crippen LogP contribution in [0, 0.1) is 29.6 Å². The summed E-state index contributed by atoms with van der Waals surface area (Å²) in [7, 11) is 4.58. The fourth-order valence-electron chi connectivity index (χ4n) is 10.2. The van der Waals surface area contributed by atoms with Crippen molar-refractivity contribution >= 4 is 29.4 Å². The second kappa shape index (κ2) is 26.4. The van der Waals surface area contributed by atoms with E-state index in [2.05, 4.69) is 5.32 Å². The van der Waals surface area contributed by atoms with Gasteiger partial charge in [-0.3, -0.25) is 19.2 Å². The maximum atomic E-state index is 14.5. The summed E-state index contributed by atoms with van der Waals surface area (Å²) in [5.41, 5.74) is 1.53. The highest BCUT2D eigenvalue weighted by Gasteiger charge is 2.56. The molecule has 4 rings (SSSR count). The Morgan fingerprint density at radius 1 is 0.924 bits per heavy atom. The summed E-state index contributed by atoms with van der Waals surface area (Å²) in [5, 5.41) is 46.4. The Hall–Kier alpha value is -3.35. The molecule has 2 amide bonds. The van der Waals surface area contributed by atoms with E-state index in [4.69, 9.17) is 28.8 Å². The first-order valence-corrected chi connectivity index (χ1v) is 24.2. The van der Waals surface area contributed by atoms with Gasteiger partial charge in [0, 0.05) is 71.6 Å². The summed E-state index contributed by atoms with van der Waals surface area (Å²) in [6, 6.07) is -1.18. The van der Waals surface area contributed by atoms with Gasteiger partial charge in [-0.05, 0) is 108 Å². The molecule has 16 nitrogen and oxygen atoms in total. The third kappa shape index (κ3) is 14.8. The lowest BCUT2D eigenvalue weighted by molar-refractivity contribution is -0.302. The third-order valence-electron chi connectivity index (χ3n) is 14.2. The van der Waals surface area contributed by atoms with Crippen LogP contribution in [-0.2, 0) is 47.7 Å². The van der Waals surface area contributed by atoms with Gasteiger partial charge in [0.15, 0.2) is 0 Å². The lowest BCUT2D eigenvalue weighted by Crippen LogP contribution is -2.64. The number of ketones is 2. The standard InChI is InChI=1S/C50H80N2O14/c1-30-23-31(2)25-42(63-7)46-43(64-8)27-33(4)50(61,66-46)47(58)48(59)52-21-13-12-16-37(52)49(60)65-45(32(3)26-35-18-19-38(54)41(28-35)62-6)34(5)39(55)29-40(56)36(24-30)15-10-9-11-17-44(57)51-20-14-22-53/h9-10,24,26,31,33-39,41-43,45-46,53-55,61H,11-23,25,27-29H2,1-8H3,(H,51,57)/b10-9+,30-24+,32-26+/t31-,33+,34+,35-,36+,37-,38+,39-,41+,42-,43-,45+,46+,50+/m0/s1. The molecule has 0 aromatic carbocycles. The lowest BCUT2D eigenvalue weighted by atomic mass is 9.81. The summed E-state index contributed by atoms with van der Waals surface area (Å²) in [6.07, 6.45) is 7.41. The molecule has 2 bridgehead atoms. The predicted octanol–water partition coefficient (Wildman–Crippen LogP) is 4.29. The highest BCUT2D eigenvalue weighted by molar-refractivity contribution is 6.39. The molecule has 2 saturated heterocycles. The summed E-state index contributed by atoms with van der Waals surface area (Å²) in [6.45, 7) is 9.53. The van der Waals surface area contributed by atoms with E-state index in [1.54, 1.807) is 27.9 Å². The van der Waals surface area contributed by atoms with Crippen LogP contribution in [0.25, 0.3) is 0 Å². The number of fused-ring (bicyclic) bond motifs is 3. The van der Waals surface area contributed by atoms with E-state index in [9.17, 15) is 39.3 Å². The number of hydrogen-bond acceptors (Lipinski definition) is 14. The number of rotatable bonds is 13. The van der Waals surface area contributed by atoms with Gasteiger partial charge in [0.1, 0.15) is 24.0 Å².